The minimum atomic E-state index is 0.781. The Balaban J connectivity index is 2.06. The van der Waals surface area contributed by atoms with Crippen LogP contribution in [-0.2, 0) is 6.42 Å². The van der Waals surface area contributed by atoms with Crippen molar-refractivity contribution in [2.75, 3.05) is 5.32 Å². The maximum Gasteiger partial charge on any atom is 0.0422 e. The fraction of sp³-hybridized carbons (Fsp3) is 0.125. The van der Waals surface area contributed by atoms with Crippen molar-refractivity contribution in [2.45, 2.75) is 13.3 Å². The van der Waals surface area contributed by atoms with E-state index in [2.05, 4.69) is 47.8 Å². The molecule has 2 aromatic carbocycles. The number of fused-ring (bicyclic) bond motifs is 3. The topological polar surface area (TPSA) is 38.0 Å². The molecule has 1 aliphatic rings. The summed E-state index contributed by atoms with van der Waals surface area (Å²) in [4.78, 5) is 0. The molecule has 1 aliphatic carbocycles. The summed E-state index contributed by atoms with van der Waals surface area (Å²) in [6.45, 7) is 1.88. The molecule has 3 N–H and O–H groups in total. The van der Waals surface area contributed by atoms with Crippen LogP contribution >= 0.6 is 0 Å². The van der Waals surface area contributed by atoms with Crippen molar-refractivity contribution in [3.63, 3.8) is 0 Å². The third kappa shape index (κ3) is 1.76. The quantitative estimate of drug-likeness (QED) is 0.714. The van der Waals surface area contributed by atoms with E-state index in [9.17, 15) is 0 Å². The van der Waals surface area contributed by atoms with Crippen LogP contribution in [0.3, 0.4) is 0 Å². The van der Waals surface area contributed by atoms with E-state index >= 15 is 0 Å². The van der Waals surface area contributed by atoms with Gasteiger partial charge >= 0.3 is 0 Å². The van der Waals surface area contributed by atoms with Gasteiger partial charge in [0.2, 0.25) is 0 Å². The molecule has 0 aliphatic heterocycles. The van der Waals surface area contributed by atoms with Gasteiger partial charge in [-0.2, -0.15) is 0 Å². The average molecular weight is 236 g/mol. The average Bonchev–Trinajstić information content (AvgIpc) is 2.75. The third-order valence-electron chi connectivity index (χ3n) is 3.31. The predicted octanol–water partition coefficient (Wildman–Crippen LogP) is 3.49. The first-order chi connectivity index (χ1) is 8.75. The van der Waals surface area contributed by atoms with Crippen molar-refractivity contribution in [3.05, 3.63) is 65.5 Å². The molecule has 0 aromatic heterocycles. The number of nitrogens with two attached hydrogens (primary N) is 1. The van der Waals surface area contributed by atoms with Gasteiger partial charge in [-0.3, -0.25) is 0 Å². The molecule has 0 spiro atoms. The van der Waals surface area contributed by atoms with Crippen molar-refractivity contribution in [2.24, 2.45) is 5.73 Å². The van der Waals surface area contributed by atoms with E-state index in [1.54, 1.807) is 0 Å². The number of anilines is 1. The summed E-state index contributed by atoms with van der Waals surface area (Å²) in [7, 11) is 0. The molecule has 2 heteroatoms. The summed E-state index contributed by atoms with van der Waals surface area (Å²) in [5.74, 6) is 0. The van der Waals surface area contributed by atoms with Crippen LogP contribution in [0.2, 0.25) is 0 Å². The molecular weight excluding hydrogens is 220 g/mol. The van der Waals surface area contributed by atoms with E-state index < -0.39 is 0 Å². The first kappa shape index (κ1) is 10.9. The van der Waals surface area contributed by atoms with Crippen molar-refractivity contribution in [1.82, 2.24) is 0 Å². The van der Waals surface area contributed by atoms with Crippen LogP contribution in [0.4, 0.5) is 5.69 Å². The van der Waals surface area contributed by atoms with Gasteiger partial charge in [0.1, 0.15) is 0 Å². The van der Waals surface area contributed by atoms with Crippen LogP contribution in [0.5, 0.6) is 0 Å². The standard InChI is InChI=1S/C16H16N2/c1-11(17)10-18-16-8-4-7-14-13-6-3-2-5-12(13)9-15(14)16/h2-8,10,18H,9,17H2,1H3/b11-10-. The Hall–Kier alpha value is -2.22. The van der Waals surface area contributed by atoms with Gasteiger partial charge in [0.05, 0.1) is 0 Å². The van der Waals surface area contributed by atoms with E-state index in [4.69, 9.17) is 5.73 Å². The highest BCUT2D eigenvalue weighted by molar-refractivity contribution is 5.82. The van der Waals surface area contributed by atoms with Gasteiger partial charge in [-0.1, -0.05) is 36.4 Å². The molecule has 0 heterocycles. The molecule has 0 unspecified atom stereocenters. The molecular formula is C16H16N2. The summed E-state index contributed by atoms with van der Waals surface area (Å²) >= 11 is 0. The Kier molecular flexibility index (Phi) is 2.56. The third-order valence-corrected chi connectivity index (χ3v) is 3.31. The molecule has 0 bridgehead atoms. The van der Waals surface area contributed by atoms with Crippen LogP contribution in [0.25, 0.3) is 11.1 Å². The minimum Gasteiger partial charge on any atom is -0.401 e. The number of hydrogen-bond donors (Lipinski definition) is 2. The first-order valence-corrected chi connectivity index (χ1v) is 6.14. The lowest BCUT2D eigenvalue weighted by atomic mass is 10.1. The highest BCUT2D eigenvalue weighted by Gasteiger charge is 2.19. The largest absolute Gasteiger partial charge is 0.401 e. The summed E-state index contributed by atoms with van der Waals surface area (Å²) in [5.41, 5.74) is 13.0. The van der Waals surface area contributed by atoms with Crippen LogP contribution in [0, 0.1) is 0 Å². The number of hydrogen-bond acceptors (Lipinski definition) is 2. The van der Waals surface area contributed by atoms with Gasteiger partial charge in [-0.25, -0.2) is 0 Å². The number of benzene rings is 2. The first-order valence-electron chi connectivity index (χ1n) is 6.14. The molecule has 18 heavy (non-hydrogen) atoms. The van der Waals surface area contributed by atoms with Crippen LogP contribution in [0.1, 0.15) is 18.1 Å². The van der Waals surface area contributed by atoms with Crippen LogP contribution in [-0.4, -0.2) is 0 Å². The Bertz CT molecular complexity index is 623. The maximum atomic E-state index is 5.67. The Morgan fingerprint density at radius 2 is 1.89 bits per heavy atom. The molecule has 0 amide bonds. The highest BCUT2D eigenvalue weighted by atomic mass is 14.9. The second-order valence-electron chi connectivity index (χ2n) is 4.70. The van der Waals surface area contributed by atoms with Crippen molar-refractivity contribution >= 4 is 5.69 Å². The van der Waals surface area contributed by atoms with E-state index in [1.807, 2.05) is 13.1 Å². The SMILES string of the molecule is C/C(N)=C/Nc1cccc2c1Cc1ccccc1-2. The zero-order valence-electron chi connectivity index (χ0n) is 10.4. The van der Waals surface area contributed by atoms with E-state index in [1.165, 1.54) is 22.3 Å². The Morgan fingerprint density at radius 3 is 2.72 bits per heavy atom. The summed E-state index contributed by atoms with van der Waals surface area (Å²) in [6.07, 6.45) is 2.84. The molecule has 0 saturated heterocycles. The number of nitrogens with one attached hydrogen (secondary N) is 1. The molecule has 0 saturated carbocycles. The maximum absolute atomic E-state index is 5.67. The normalized spacial score (nSPS) is 13.1. The number of allylic oxidation sites excluding steroid dienone is 1. The van der Waals surface area contributed by atoms with E-state index in [-0.39, 0.29) is 0 Å². The Morgan fingerprint density at radius 1 is 1.11 bits per heavy atom. The molecule has 0 fully saturated rings. The van der Waals surface area contributed by atoms with Gasteiger partial charge in [-0.05, 0) is 35.2 Å². The molecule has 0 atom stereocenters. The van der Waals surface area contributed by atoms with Gasteiger partial charge < -0.3 is 11.1 Å². The van der Waals surface area contributed by atoms with E-state index in [0.717, 1.165) is 17.8 Å². The fourth-order valence-electron chi connectivity index (χ4n) is 2.48. The van der Waals surface area contributed by atoms with Gasteiger partial charge in [0, 0.05) is 24.0 Å². The highest BCUT2D eigenvalue weighted by Crippen LogP contribution is 2.39. The van der Waals surface area contributed by atoms with Gasteiger partial charge in [0.15, 0.2) is 0 Å². The second kappa shape index (κ2) is 4.22. The van der Waals surface area contributed by atoms with Crippen molar-refractivity contribution < 1.29 is 0 Å². The summed E-state index contributed by atoms with van der Waals surface area (Å²) in [6, 6.07) is 15.0. The zero-order chi connectivity index (χ0) is 12.5. The van der Waals surface area contributed by atoms with Gasteiger partial charge in [-0.15, -0.1) is 0 Å². The molecule has 2 nitrogen and oxygen atoms in total. The second-order valence-corrected chi connectivity index (χ2v) is 4.70. The van der Waals surface area contributed by atoms with E-state index in [0.29, 0.717) is 0 Å². The lowest BCUT2D eigenvalue weighted by Gasteiger charge is -2.08. The lowest BCUT2D eigenvalue weighted by molar-refractivity contribution is 1.25. The summed E-state index contributed by atoms with van der Waals surface area (Å²) < 4.78 is 0. The molecule has 2 aromatic rings. The molecule has 3 rings (SSSR count). The smallest absolute Gasteiger partial charge is 0.0422 e. The lowest BCUT2D eigenvalue weighted by Crippen LogP contribution is -1.98. The Labute approximate surface area is 107 Å². The monoisotopic (exact) mass is 236 g/mol. The van der Waals surface area contributed by atoms with Crippen LogP contribution in [0.15, 0.2) is 54.4 Å². The van der Waals surface area contributed by atoms with Crippen molar-refractivity contribution in [1.29, 1.82) is 0 Å². The number of rotatable bonds is 2. The van der Waals surface area contributed by atoms with Crippen molar-refractivity contribution in [3.8, 4) is 11.1 Å². The minimum absolute atomic E-state index is 0.781. The van der Waals surface area contributed by atoms with Crippen LogP contribution < -0.4 is 11.1 Å². The molecule has 90 valence electrons. The molecule has 0 radical (unpaired) electrons. The zero-order valence-corrected chi connectivity index (χ0v) is 10.4. The predicted molar refractivity (Wildman–Crippen MR) is 76.3 cm³/mol. The fourth-order valence-corrected chi connectivity index (χ4v) is 2.48. The van der Waals surface area contributed by atoms with Gasteiger partial charge in [0.25, 0.3) is 0 Å². The summed E-state index contributed by atoms with van der Waals surface area (Å²) in [5, 5.41) is 3.29.